The van der Waals surface area contributed by atoms with Gasteiger partial charge in [-0.25, -0.2) is 4.98 Å². The van der Waals surface area contributed by atoms with Crippen molar-refractivity contribution in [3.63, 3.8) is 0 Å². The van der Waals surface area contributed by atoms with Crippen LogP contribution in [0.1, 0.15) is 39.7 Å². The van der Waals surface area contributed by atoms with Crippen LogP contribution in [-0.2, 0) is 0 Å². The fourth-order valence-corrected chi connectivity index (χ4v) is 2.57. The molecule has 0 aliphatic carbocycles. The van der Waals surface area contributed by atoms with Crippen molar-refractivity contribution in [2.45, 2.75) is 39.7 Å². The molecule has 0 radical (unpaired) electrons. The summed E-state index contributed by atoms with van der Waals surface area (Å²) in [5, 5.41) is 0. The van der Waals surface area contributed by atoms with Crippen LogP contribution in [0.25, 0.3) is 11.0 Å². The van der Waals surface area contributed by atoms with Gasteiger partial charge in [0.05, 0.1) is 17.4 Å². The average Bonchev–Trinajstić information content (AvgIpc) is 2.73. The summed E-state index contributed by atoms with van der Waals surface area (Å²) in [5.41, 5.74) is 8.72. The van der Waals surface area contributed by atoms with E-state index in [1.165, 1.54) is 18.4 Å². The Morgan fingerprint density at radius 1 is 1.29 bits per heavy atom. The molecule has 92 valence electrons. The third kappa shape index (κ3) is 2.14. The zero-order chi connectivity index (χ0) is 12.4. The molecule has 0 fully saturated rings. The summed E-state index contributed by atoms with van der Waals surface area (Å²) < 4.78 is 2.27. The Morgan fingerprint density at radius 2 is 2.00 bits per heavy atom. The first-order valence-electron chi connectivity index (χ1n) is 6.39. The maximum Gasteiger partial charge on any atom is 0.0960 e. The highest BCUT2D eigenvalue weighted by atomic mass is 15.1. The van der Waals surface area contributed by atoms with E-state index in [-0.39, 0.29) is 0 Å². The maximum absolute atomic E-state index is 5.77. The average molecular weight is 231 g/mol. The first kappa shape index (κ1) is 12.0. The topological polar surface area (TPSA) is 43.8 Å². The van der Waals surface area contributed by atoms with Crippen LogP contribution in [0.4, 0.5) is 5.69 Å². The zero-order valence-corrected chi connectivity index (χ0v) is 10.9. The Kier molecular flexibility index (Phi) is 3.36. The molecule has 1 unspecified atom stereocenters. The number of hydrogen-bond donors (Lipinski definition) is 1. The molecule has 0 aliphatic heterocycles. The Hall–Kier alpha value is -1.51. The second-order valence-electron chi connectivity index (χ2n) is 4.72. The van der Waals surface area contributed by atoms with E-state index in [2.05, 4.69) is 36.4 Å². The molecule has 0 saturated heterocycles. The van der Waals surface area contributed by atoms with Gasteiger partial charge >= 0.3 is 0 Å². The highest BCUT2D eigenvalue weighted by Crippen LogP contribution is 2.28. The smallest absolute Gasteiger partial charge is 0.0960 e. The van der Waals surface area contributed by atoms with Gasteiger partial charge in [-0.3, -0.25) is 0 Å². The highest BCUT2D eigenvalue weighted by Gasteiger charge is 2.17. The van der Waals surface area contributed by atoms with Gasteiger partial charge in [0.1, 0.15) is 0 Å². The number of nitrogens with zero attached hydrogens (tertiary/aromatic N) is 2. The number of fused-ring (bicyclic) bond motifs is 1. The van der Waals surface area contributed by atoms with Crippen molar-refractivity contribution >= 4 is 16.7 Å². The van der Waals surface area contributed by atoms with Crippen LogP contribution in [0.5, 0.6) is 0 Å². The first-order chi connectivity index (χ1) is 8.17. The molecule has 3 heteroatoms. The molecule has 2 N–H and O–H groups in total. The van der Waals surface area contributed by atoms with Gasteiger partial charge in [-0.1, -0.05) is 26.7 Å². The highest BCUT2D eigenvalue weighted by molar-refractivity contribution is 5.79. The standard InChI is InChI=1S/C14H21N3/c1-4-11(5-2)10(3)17-9-16-13-8-12(15)6-7-14(13)17/h6-11H,4-5,15H2,1-3H3. The second kappa shape index (κ2) is 4.78. The SMILES string of the molecule is CCC(CC)C(C)n1cnc2cc(N)ccc21. The molecule has 0 saturated carbocycles. The van der Waals surface area contributed by atoms with Crippen molar-refractivity contribution in [1.82, 2.24) is 9.55 Å². The van der Waals surface area contributed by atoms with Gasteiger partial charge in [-0.15, -0.1) is 0 Å². The molecular formula is C14H21N3. The minimum absolute atomic E-state index is 0.485. The molecule has 1 aromatic heterocycles. The molecule has 0 spiro atoms. The Bertz CT molecular complexity index is 497. The molecule has 3 nitrogen and oxygen atoms in total. The van der Waals surface area contributed by atoms with Gasteiger partial charge in [-0.05, 0) is 31.0 Å². The lowest BCUT2D eigenvalue weighted by Gasteiger charge is -2.23. The van der Waals surface area contributed by atoms with Crippen LogP contribution in [0.3, 0.4) is 0 Å². The normalized spacial score (nSPS) is 13.4. The maximum atomic E-state index is 5.77. The van der Waals surface area contributed by atoms with Gasteiger partial charge in [0.25, 0.3) is 0 Å². The van der Waals surface area contributed by atoms with Crippen LogP contribution >= 0.6 is 0 Å². The quantitative estimate of drug-likeness (QED) is 0.817. The lowest BCUT2D eigenvalue weighted by molar-refractivity contribution is 0.339. The van der Waals surface area contributed by atoms with Crippen molar-refractivity contribution in [2.75, 3.05) is 5.73 Å². The molecule has 1 atom stereocenters. The molecule has 2 rings (SSSR count). The molecule has 1 aromatic carbocycles. The number of nitrogens with two attached hydrogens (primary N) is 1. The third-order valence-corrected chi connectivity index (χ3v) is 3.77. The molecule has 0 bridgehead atoms. The molecule has 1 heterocycles. The van der Waals surface area contributed by atoms with Crippen LogP contribution in [0.2, 0.25) is 0 Å². The largest absolute Gasteiger partial charge is 0.399 e. The molecule has 17 heavy (non-hydrogen) atoms. The van der Waals surface area contributed by atoms with Crippen molar-refractivity contribution in [3.8, 4) is 0 Å². The number of nitrogen functional groups attached to an aromatic ring is 1. The van der Waals surface area contributed by atoms with E-state index in [0.717, 1.165) is 11.2 Å². The number of benzene rings is 1. The minimum Gasteiger partial charge on any atom is -0.399 e. The van der Waals surface area contributed by atoms with Gasteiger partial charge in [-0.2, -0.15) is 0 Å². The number of anilines is 1. The molecule has 0 amide bonds. The van der Waals surface area contributed by atoms with Crippen LogP contribution < -0.4 is 5.73 Å². The summed E-state index contributed by atoms with van der Waals surface area (Å²) in [6, 6.07) is 6.43. The van der Waals surface area contributed by atoms with Crippen LogP contribution in [-0.4, -0.2) is 9.55 Å². The van der Waals surface area contributed by atoms with Gasteiger partial charge in [0, 0.05) is 11.7 Å². The van der Waals surface area contributed by atoms with E-state index in [1.54, 1.807) is 0 Å². The summed E-state index contributed by atoms with van der Waals surface area (Å²) >= 11 is 0. The van der Waals surface area contributed by atoms with E-state index >= 15 is 0 Å². The monoisotopic (exact) mass is 231 g/mol. The number of aromatic nitrogens is 2. The summed E-state index contributed by atoms with van der Waals surface area (Å²) in [7, 11) is 0. The summed E-state index contributed by atoms with van der Waals surface area (Å²) in [6.45, 7) is 6.78. The molecular weight excluding hydrogens is 210 g/mol. The predicted molar refractivity (Wildman–Crippen MR) is 72.9 cm³/mol. The van der Waals surface area contributed by atoms with Crippen LogP contribution in [0.15, 0.2) is 24.5 Å². The van der Waals surface area contributed by atoms with Crippen molar-refractivity contribution in [2.24, 2.45) is 5.92 Å². The van der Waals surface area contributed by atoms with Crippen LogP contribution in [0, 0.1) is 5.92 Å². The summed E-state index contributed by atoms with van der Waals surface area (Å²) in [4.78, 5) is 4.43. The molecule has 2 aromatic rings. The van der Waals surface area contributed by atoms with Crippen molar-refractivity contribution in [1.29, 1.82) is 0 Å². The fourth-order valence-electron chi connectivity index (χ4n) is 2.57. The van der Waals surface area contributed by atoms with E-state index in [9.17, 15) is 0 Å². The second-order valence-corrected chi connectivity index (χ2v) is 4.72. The Morgan fingerprint density at radius 3 is 2.65 bits per heavy atom. The number of imidazole rings is 1. The zero-order valence-electron chi connectivity index (χ0n) is 10.9. The van der Waals surface area contributed by atoms with Crippen molar-refractivity contribution < 1.29 is 0 Å². The lowest BCUT2D eigenvalue weighted by atomic mass is 9.95. The fraction of sp³-hybridized carbons (Fsp3) is 0.500. The van der Waals surface area contributed by atoms with E-state index in [4.69, 9.17) is 5.73 Å². The lowest BCUT2D eigenvalue weighted by Crippen LogP contribution is -2.14. The number of rotatable bonds is 4. The van der Waals surface area contributed by atoms with E-state index in [1.807, 2.05) is 18.5 Å². The van der Waals surface area contributed by atoms with E-state index in [0.29, 0.717) is 12.0 Å². The van der Waals surface area contributed by atoms with Gasteiger partial charge in [0.2, 0.25) is 0 Å². The van der Waals surface area contributed by atoms with Gasteiger partial charge < -0.3 is 10.3 Å². The minimum atomic E-state index is 0.485. The first-order valence-corrected chi connectivity index (χ1v) is 6.39. The summed E-state index contributed by atoms with van der Waals surface area (Å²) in [5.74, 6) is 0.699. The molecule has 0 aliphatic rings. The Labute approximate surface area is 103 Å². The third-order valence-electron chi connectivity index (χ3n) is 3.77. The predicted octanol–water partition coefficient (Wildman–Crippen LogP) is 3.62. The summed E-state index contributed by atoms with van der Waals surface area (Å²) in [6.07, 6.45) is 4.34. The Balaban J connectivity index is 2.42. The number of hydrogen-bond acceptors (Lipinski definition) is 2. The van der Waals surface area contributed by atoms with Gasteiger partial charge in [0.15, 0.2) is 0 Å². The van der Waals surface area contributed by atoms with E-state index < -0.39 is 0 Å². The van der Waals surface area contributed by atoms with Crippen molar-refractivity contribution in [3.05, 3.63) is 24.5 Å².